The fraction of sp³-hybridized carbons (Fsp3) is 0.250. The summed E-state index contributed by atoms with van der Waals surface area (Å²) >= 11 is 0. The molecule has 2 nitrogen and oxygen atoms in total. The van der Waals surface area contributed by atoms with Crippen molar-refractivity contribution in [1.82, 2.24) is 0 Å². The van der Waals surface area contributed by atoms with Gasteiger partial charge in [-0.15, -0.1) is 0 Å². The molecule has 92 valence electrons. The normalized spacial score (nSPS) is 14.5. The number of rotatable bonds is 4. The quantitative estimate of drug-likeness (QED) is 0.888. The molecule has 2 heteroatoms. The standard InChI is InChI=1S/C16H17NO/c17-11-12-3-1-4-13(9-12)14-5-2-6-16(10-14)18-15-7-8-15/h1-6,9-10,15H,7-8,11,17H2. The summed E-state index contributed by atoms with van der Waals surface area (Å²) < 4.78 is 5.82. The first-order chi connectivity index (χ1) is 8.85. The van der Waals surface area contributed by atoms with Gasteiger partial charge in [-0.25, -0.2) is 0 Å². The van der Waals surface area contributed by atoms with Crippen LogP contribution in [0, 0.1) is 0 Å². The molecule has 18 heavy (non-hydrogen) atoms. The molecule has 2 aromatic rings. The van der Waals surface area contributed by atoms with Gasteiger partial charge in [0.15, 0.2) is 0 Å². The van der Waals surface area contributed by atoms with Crippen molar-refractivity contribution < 1.29 is 4.74 Å². The van der Waals surface area contributed by atoms with Crippen LogP contribution in [0.4, 0.5) is 0 Å². The van der Waals surface area contributed by atoms with E-state index in [2.05, 4.69) is 24.3 Å². The van der Waals surface area contributed by atoms with E-state index >= 15 is 0 Å². The summed E-state index contributed by atoms with van der Waals surface area (Å²) in [6.07, 6.45) is 2.82. The van der Waals surface area contributed by atoms with Crippen LogP contribution in [0.3, 0.4) is 0 Å². The zero-order valence-corrected chi connectivity index (χ0v) is 10.3. The van der Waals surface area contributed by atoms with E-state index in [1.165, 1.54) is 24.0 Å². The molecule has 0 spiro atoms. The van der Waals surface area contributed by atoms with Gasteiger partial charge >= 0.3 is 0 Å². The average Bonchev–Trinajstić information content (AvgIpc) is 3.23. The van der Waals surface area contributed by atoms with E-state index in [9.17, 15) is 0 Å². The van der Waals surface area contributed by atoms with E-state index < -0.39 is 0 Å². The maximum absolute atomic E-state index is 5.82. The topological polar surface area (TPSA) is 35.2 Å². The van der Waals surface area contributed by atoms with E-state index in [0.717, 1.165) is 11.3 Å². The monoisotopic (exact) mass is 239 g/mol. The van der Waals surface area contributed by atoms with Crippen LogP contribution < -0.4 is 10.5 Å². The number of ether oxygens (including phenoxy) is 1. The first-order valence-corrected chi connectivity index (χ1v) is 6.41. The largest absolute Gasteiger partial charge is 0.490 e. The molecule has 2 N–H and O–H groups in total. The molecule has 1 aliphatic rings. The molecule has 1 fully saturated rings. The van der Waals surface area contributed by atoms with Crippen LogP contribution in [0.25, 0.3) is 11.1 Å². The summed E-state index contributed by atoms with van der Waals surface area (Å²) in [6.45, 7) is 0.576. The van der Waals surface area contributed by atoms with E-state index in [1.54, 1.807) is 0 Å². The number of hydrogen-bond donors (Lipinski definition) is 1. The highest BCUT2D eigenvalue weighted by atomic mass is 16.5. The van der Waals surface area contributed by atoms with Crippen molar-refractivity contribution in [2.75, 3.05) is 0 Å². The smallest absolute Gasteiger partial charge is 0.120 e. The highest BCUT2D eigenvalue weighted by Crippen LogP contribution is 2.30. The van der Waals surface area contributed by atoms with E-state index in [-0.39, 0.29) is 0 Å². The molecule has 0 bridgehead atoms. The molecule has 0 amide bonds. The fourth-order valence-corrected chi connectivity index (χ4v) is 2.01. The summed E-state index contributed by atoms with van der Waals surface area (Å²) in [7, 11) is 0. The molecular weight excluding hydrogens is 222 g/mol. The maximum Gasteiger partial charge on any atom is 0.120 e. The molecule has 0 aromatic heterocycles. The van der Waals surface area contributed by atoms with Gasteiger partial charge in [-0.3, -0.25) is 0 Å². The number of nitrogens with two attached hydrogens (primary N) is 1. The third kappa shape index (κ3) is 2.54. The van der Waals surface area contributed by atoms with Crippen LogP contribution in [0.5, 0.6) is 5.75 Å². The van der Waals surface area contributed by atoms with Gasteiger partial charge in [-0.1, -0.05) is 30.3 Å². The van der Waals surface area contributed by atoms with Crippen LogP contribution in [-0.2, 0) is 6.54 Å². The first-order valence-electron chi connectivity index (χ1n) is 6.41. The van der Waals surface area contributed by atoms with Crippen molar-refractivity contribution in [3.05, 3.63) is 54.1 Å². The Kier molecular flexibility index (Phi) is 3.03. The second kappa shape index (κ2) is 4.83. The molecule has 0 aliphatic heterocycles. The van der Waals surface area contributed by atoms with Crippen molar-refractivity contribution in [2.24, 2.45) is 5.73 Å². The maximum atomic E-state index is 5.82. The van der Waals surface area contributed by atoms with Gasteiger partial charge in [0.2, 0.25) is 0 Å². The Hall–Kier alpha value is -1.80. The highest BCUT2D eigenvalue weighted by Gasteiger charge is 2.23. The zero-order chi connectivity index (χ0) is 12.4. The first kappa shape index (κ1) is 11.3. The number of hydrogen-bond acceptors (Lipinski definition) is 2. The van der Waals surface area contributed by atoms with E-state index in [0.29, 0.717) is 12.6 Å². The van der Waals surface area contributed by atoms with Crippen LogP contribution in [-0.4, -0.2) is 6.10 Å². The van der Waals surface area contributed by atoms with Crippen molar-refractivity contribution in [3.63, 3.8) is 0 Å². The summed E-state index contributed by atoms with van der Waals surface area (Å²) in [6, 6.07) is 16.6. The van der Waals surface area contributed by atoms with Crippen LogP contribution >= 0.6 is 0 Å². The van der Waals surface area contributed by atoms with Crippen LogP contribution in [0.1, 0.15) is 18.4 Å². The van der Waals surface area contributed by atoms with E-state index in [4.69, 9.17) is 10.5 Å². The summed E-state index contributed by atoms with van der Waals surface area (Å²) in [4.78, 5) is 0. The molecule has 1 saturated carbocycles. The zero-order valence-electron chi connectivity index (χ0n) is 10.3. The van der Waals surface area contributed by atoms with Crippen molar-refractivity contribution in [1.29, 1.82) is 0 Å². The molecule has 1 aliphatic carbocycles. The number of benzene rings is 2. The minimum atomic E-state index is 0.440. The summed E-state index contributed by atoms with van der Waals surface area (Å²) in [5.41, 5.74) is 9.21. The van der Waals surface area contributed by atoms with Gasteiger partial charge in [-0.05, 0) is 47.7 Å². The van der Waals surface area contributed by atoms with Gasteiger partial charge < -0.3 is 10.5 Å². The van der Waals surface area contributed by atoms with Crippen LogP contribution in [0.2, 0.25) is 0 Å². The molecule has 0 saturated heterocycles. The SMILES string of the molecule is NCc1cccc(-c2cccc(OC3CC3)c2)c1. The Balaban J connectivity index is 1.89. The van der Waals surface area contributed by atoms with Gasteiger partial charge in [0.1, 0.15) is 5.75 Å². The minimum absolute atomic E-state index is 0.440. The second-order valence-corrected chi connectivity index (χ2v) is 4.75. The fourth-order valence-electron chi connectivity index (χ4n) is 2.01. The van der Waals surface area contributed by atoms with Gasteiger partial charge in [0.25, 0.3) is 0 Å². The molecule has 0 radical (unpaired) electrons. The van der Waals surface area contributed by atoms with Crippen molar-refractivity contribution in [2.45, 2.75) is 25.5 Å². The van der Waals surface area contributed by atoms with E-state index in [1.807, 2.05) is 24.3 Å². The molecular formula is C16H17NO. The summed E-state index contributed by atoms with van der Waals surface area (Å²) in [5, 5.41) is 0. The van der Waals surface area contributed by atoms with Crippen molar-refractivity contribution >= 4 is 0 Å². The minimum Gasteiger partial charge on any atom is -0.490 e. The molecule has 2 aromatic carbocycles. The Morgan fingerprint density at radius 3 is 2.44 bits per heavy atom. The second-order valence-electron chi connectivity index (χ2n) is 4.75. The van der Waals surface area contributed by atoms with Gasteiger partial charge in [0.05, 0.1) is 6.10 Å². The average molecular weight is 239 g/mol. The highest BCUT2D eigenvalue weighted by molar-refractivity contribution is 5.65. The molecule has 0 unspecified atom stereocenters. The van der Waals surface area contributed by atoms with Crippen molar-refractivity contribution in [3.8, 4) is 16.9 Å². The molecule has 3 rings (SSSR count). The lowest BCUT2D eigenvalue weighted by Gasteiger charge is -2.08. The lowest BCUT2D eigenvalue weighted by molar-refractivity contribution is 0.303. The predicted octanol–water partition coefficient (Wildman–Crippen LogP) is 3.35. The van der Waals surface area contributed by atoms with Gasteiger partial charge in [0, 0.05) is 6.54 Å². The van der Waals surface area contributed by atoms with Crippen LogP contribution in [0.15, 0.2) is 48.5 Å². The van der Waals surface area contributed by atoms with Gasteiger partial charge in [-0.2, -0.15) is 0 Å². The Labute approximate surface area is 107 Å². The third-order valence-corrected chi connectivity index (χ3v) is 3.16. The predicted molar refractivity (Wildman–Crippen MR) is 73.4 cm³/mol. The lowest BCUT2D eigenvalue weighted by Crippen LogP contribution is -1.97. The Bertz CT molecular complexity index is 546. The lowest BCUT2D eigenvalue weighted by atomic mass is 10.0. The Morgan fingerprint density at radius 2 is 1.72 bits per heavy atom. The third-order valence-electron chi connectivity index (χ3n) is 3.16. The molecule has 0 heterocycles. The molecule has 0 atom stereocenters. The summed E-state index contributed by atoms with van der Waals surface area (Å²) in [5.74, 6) is 0.966. The Morgan fingerprint density at radius 1 is 1.00 bits per heavy atom.